The van der Waals surface area contributed by atoms with Crippen LogP contribution < -0.4 is 20.0 Å². The number of hydroxylamine groups is 1. The molecule has 1 heterocycles. The Bertz CT molecular complexity index is 1310. The lowest BCUT2D eigenvalue weighted by atomic mass is 10.2. The van der Waals surface area contributed by atoms with E-state index < -0.39 is 29.2 Å². The average Bonchev–Trinajstić information content (AvgIpc) is 2.90. The van der Waals surface area contributed by atoms with Crippen molar-refractivity contribution < 1.29 is 33.4 Å². The second-order valence-electron chi connectivity index (χ2n) is 9.05. The third-order valence-electron chi connectivity index (χ3n) is 4.90. The van der Waals surface area contributed by atoms with Gasteiger partial charge in [-0.15, -0.1) is 0 Å². The van der Waals surface area contributed by atoms with E-state index in [1.54, 1.807) is 52.1 Å². The molecular formula is C27H30FN5O6. The van der Waals surface area contributed by atoms with Gasteiger partial charge in [-0.2, -0.15) is 10.0 Å². The standard InChI is InChI=1S/C27H30FN5O6/c1-6-23(34)33(36)20-9-7-8-19(16-20)32(26(35)39-27(2,3)4)24-22(28)17-29-25(31-24)30-18-10-12-21(13-11-18)38-15-14-37-5/h6-13,16-17,36H,1,14-15H2,2-5H3,(H,29,30,31). The Hall–Kier alpha value is -4.55. The summed E-state index contributed by atoms with van der Waals surface area (Å²) in [5.74, 6) is -1.51. The molecule has 206 valence electrons. The number of hydrogen-bond donors (Lipinski definition) is 2. The van der Waals surface area contributed by atoms with Crippen LogP contribution in [0.4, 0.5) is 38.0 Å². The first-order valence-corrected chi connectivity index (χ1v) is 11.8. The minimum atomic E-state index is -0.944. The van der Waals surface area contributed by atoms with Gasteiger partial charge in [-0.3, -0.25) is 10.0 Å². The Balaban J connectivity index is 1.97. The molecule has 0 aliphatic rings. The number of nitrogens with zero attached hydrogens (tertiary/aromatic N) is 4. The van der Waals surface area contributed by atoms with Crippen LogP contribution >= 0.6 is 0 Å². The Labute approximate surface area is 225 Å². The van der Waals surface area contributed by atoms with Crippen LogP contribution in [0.5, 0.6) is 5.75 Å². The minimum Gasteiger partial charge on any atom is -0.491 e. The van der Waals surface area contributed by atoms with Crippen LogP contribution in [0.25, 0.3) is 0 Å². The van der Waals surface area contributed by atoms with E-state index in [1.165, 1.54) is 24.3 Å². The molecule has 12 heteroatoms. The monoisotopic (exact) mass is 539 g/mol. The summed E-state index contributed by atoms with van der Waals surface area (Å²) in [6, 6.07) is 12.5. The third kappa shape index (κ3) is 7.97. The molecular weight excluding hydrogens is 509 g/mol. The normalized spacial score (nSPS) is 10.9. The fourth-order valence-electron chi connectivity index (χ4n) is 3.18. The molecule has 0 fully saturated rings. The quantitative estimate of drug-likeness (QED) is 0.151. The van der Waals surface area contributed by atoms with Crippen molar-refractivity contribution in [2.45, 2.75) is 26.4 Å². The lowest BCUT2D eigenvalue weighted by Gasteiger charge is -2.27. The number of carbonyl (C=O) groups is 2. The van der Waals surface area contributed by atoms with Crippen LogP contribution in [0, 0.1) is 5.82 Å². The maximum atomic E-state index is 15.1. The predicted molar refractivity (Wildman–Crippen MR) is 143 cm³/mol. The maximum Gasteiger partial charge on any atom is 0.420 e. The highest BCUT2D eigenvalue weighted by Gasteiger charge is 2.29. The van der Waals surface area contributed by atoms with Gasteiger partial charge < -0.3 is 19.5 Å². The van der Waals surface area contributed by atoms with Crippen molar-refractivity contribution >= 4 is 40.8 Å². The largest absolute Gasteiger partial charge is 0.491 e. The van der Waals surface area contributed by atoms with Crippen LogP contribution in [0.3, 0.4) is 0 Å². The zero-order valence-corrected chi connectivity index (χ0v) is 22.1. The molecule has 3 rings (SSSR count). The van der Waals surface area contributed by atoms with Crippen molar-refractivity contribution in [1.82, 2.24) is 9.97 Å². The first-order chi connectivity index (χ1) is 18.5. The number of halogens is 1. The summed E-state index contributed by atoms with van der Waals surface area (Å²) in [5.41, 5.74) is -0.270. The number of benzene rings is 2. The van der Waals surface area contributed by atoms with Crippen molar-refractivity contribution in [1.29, 1.82) is 0 Å². The Kier molecular flexibility index (Phi) is 9.52. The Morgan fingerprint density at radius 2 is 1.82 bits per heavy atom. The number of aromatic nitrogens is 2. The summed E-state index contributed by atoms with van der Waals surface area (Å²) >= 11 is 0. The first kappa shape index (κ1) is 29.0. The van der Waals surface area contributed by atoms with E-state index >= 15 is 4.39 Å². The second kappa shape index (κ2) is 12.8. The molecule has 2 N–H and O–H groups in total. The van der Waals surface area contributed by atoms with Gasteiger partial charge in [-0.1, -0.05) is 12.6 Å². The lowest BCUT2D eigenvalue weighted by Crippen LogP contribution is -2.35. The van der Waals surface area contributed by atoms with Crippen LogP contribution in [-0.2, 0) is 14.3 Å². The molecule has 0 atom stereocenters. The number of anilines is 5. The van der Waals surface area contributed by atoms with E-state index in [2.05, 4.69) is 21.9 Å². The van der Waals surface area contributed by atoms with Gasteiger partial charge in [0.15, 0.2) is 11.6 Å². The van der Waals surface area contributed by atoms with Crippen molar-refractivity contribution in [3.63, 3.8) is 0 Å². The van der Waals surface area contributed by atoms with Crippen molar-refractivity contribution in [2.24, 2.45) is 0 Å². The smallest absolute Gasteiger partial charge is 0.420 e. The predicted octanol–water partition coefficient (Wildman–Crippen LogP) is 5.37. The van der Waals surface area contributed by atoms with Crippen LogP contribution in [0.1, 0.15) is 20.8 Å². The highest BCUT2D eigenvalue weighted by Crippen LogP contribution is 2.32. The number of carbonyl (C=O) groups excluding carboxylic acids is 2. The number of rotatable bonds is 10. The van der Waals surface area contributed by atoms with Crippen LogP contribution in [0.2, 0.25) is 0 Å². The summed E-state index contributed by atoms with van der Waals surface area (Å²) < 4.78 is 31.1. The molecule has 0 radical (unpaired) electrons. The van der Waals surface area contributed by atoms with Crippen molar-refractivity contribution in [2.75, 3.05) is 35.6 Å². The molecule has 2 aromatic carbocycles. The lowest BCUT2D eigenvalue weighted by molar-refractivity contribution is -0.118. The fourth-order valence-corrected chi connectivity index (χ4v) is 3.18. The van der Waals surface area contributed by atoms with Crippen molar-refractivity contribution in [3.05, 3.63) is 73.2 Å². The molecule has 0 aliphatic heterocycles. The van der Waals surface area contributed by atoms with Gasteiger partial charge in [-0.25, -0.2) is 19.1 Å². The number of amides is 2. The number of ether oxygens (including phenoxy) is 3. The number of hydrogen-bond acceptors (Lipinski definition) is 9. The fraction of sp³-hybridized carbons (Fsp3) is 0.259. The summed E-state index contributed by atoms with van der Waals surface area (Å²) in [7, 11) is 1.58. The molecule has 0 saturated carbocycles. The van der Waals surface area contributed by atoms with E-state index in [-0.39, 0.29) is 17.3 Å². The second-order valence-corrected chi connectivity index (χ2v) is 9.05. The summed E-state index contributed by atoms with van der Waals surface area (Å²) in [6.07, 6.45) is 0.882. The van der Waals surface area contributed by atoms with E-state index in [0.717, 1.165) is 17.2 Å². The van der Waals surface area contributed by atoms with Gasteiger partial charge in [0.1, 0.15) is 18.0 Å². The van der Waals surface area contributed by atoms with Crippen LogP contribution in [0.15, 0.2) is 67.4 Å². The molecule has 0 spiro atoms. The van der Waals surface area contributed by atoms with E-state index in [9.17, 15) is 14.8 Å². The van der Waals surface area contributed by atoms with Gasteiger partial charge in [-0.05, 0) is 69.3 Å². The molecule has 0 saturated heterocycles. The summed E-state index contributed by atoms with van der Waals surface area (Å²) in [4.78, 5) is 34.3. The highest BCUT2D eigenvalue weighted by atomic mass is 19.1. The molecule has 0 bridgehead atoms. The molecule has 0 unspecified atom stereocenters. The third-order valence-corrected chi connectivity index (χ3v) is 4.90. The van der Waals surface area contributed by atoms with E-state index in [4.69, 9.17) is 14.2 Å². The SMILES string of the molecule is C=CC(=O)N(O)c1cccc(N(C(=O)OC(C)(C)C)c2nc(Nc3ccc(OCCOC)cc3)ncc2F)c1. The van der Waals surface area contributed by atoms with Gasteiger partial charge in [0.05, 0.1) is 24.2 Å². The average molecular weight is 540 g/mol. The molecule has 1 aromatic heterocycles. The van der Waals surface area contributed by atoms with Gasteiger partial charge in [0, 0.05) is 12.8 Å². The number of methoxy groups -OCH3 is 1. The summed E-state index contributed by atoms with van der Waals surface area (Å²) in [6.45, 7) is 9.15. The Morgan fingerprint density at radius 3 is 2.46 bits per heavy atom. The van der Waals surface area contributed by atoms with E-state index in [0.29, 0.717) is 29.7 Å². The molecule has 2 amide bonds. The van der Waals surface area contributed by atoms with Gasteiger partial charge in [0.2, 0.25) is 5.95 Å². The molecule has 11 nitrogen and oxygen atoms in total. The zero-order chi connectivity index (χ0) is 28.6. The Morgan fingerprint density at radius 1 is 1.13 bits per heavy atom. The topological polar surface area (TPSA) is 126 Å². The van der Waals surface area contributed by atoms with Gasteiger partial charge in [0.25, 0.3) is 5.91 Å². The minimum absolute atomic E-state index is 0.00483. The first-order valence-electron chi connectivity index (χ1n) is 11.8. The zero-order valence-electron chi connectivity index (χ0n) is 22.1. The van der Waals surface area contributed by atoms with Crippen molar-refractivity contribution in [3.8, 4) is 5.75 Å². The van der Waals surface area contributed by atoms with E-state index in [1.807, 2.05) is 0 Å². The molecule has 3 aromatic rings. The van der Waals surface area contributed by atoms with Gasteiger partial charge >= 0.3 is 6.09 Å². The molecule has 0 aliphatic carbocycles. The molecule has 39 heavy (non-hydrogen) atoms. The summed E-state index contributed by atoms with van der Waals surface area (Å²) in [5, 5.41) is 13.5. The maximum absolute atomic E-state index is 15.1. The highest BCUT2D eigenvalue weighted by molar-refractivity contribution is 6.00. The number of nitrogens with one attached hydrogen (secondary N) is 1. The van der Waals surface area contributed by atoms with Crippen LogP contribution in [-0.4, -0.2) is 53.1 Å².